The maximum absolute atomic E-state index is 13.0. The Balaban J connectivity index is 2.22. The van der Waals surface area contributed by atoms with E-state index in [9.17, 15) is 36.3 Å². The second-order valence-electron chi connectivity index (χ2n) is 8.09. The van der Waals surface area contributed by atoms with Gasteiger partial charge in [-0.3, -0.25) is 9.59 Å². The third kappa shape index (κ3) is 6.58. The summed E-state index contributed by atoms with van der Waals surface area (Å²) in [5.41, 5.74) is 6.09. The first kappa shape index (κ1) is 26.9. The van der Waals surface area contributed by atoms with E-state index in [2.05, 4.69) is 0 Å². The number of halogens is 3. The molecule has 33 heavy (non-hydrogen) atoms. The third-order valence-electron chi connectivity index (χ3n) is 5.45. The molecule has 1 heterocycles. The number of aliphatic hydroxyl groups is 1. The Kier molecular flexibility index (Phi) is 8.36. The fourth-order valence-corrected chi connectivity index (χ4v) is 5.32. The number of hydrogen-bond acceptors (Lipinski definition) is 7. The number of amides is 2. The number of sulfone groups is 1. The Hall–Kier alpha value is -2.38. The molecule has 9 nitrogen and oxygen atoms in total. The topological polar surface area (TPSA) is 139 Å². The van der Waals surface area contributed by atoms with Gasteiger partial charge < -0.3 is 25.8 Å². The molecule has 0 aromatic heterocycles. The number of likely N-dealkylation sites (tertiary alicyclic amines) is 1. The molecule has 1 aliphatic heterocycles. The van der Waals surface area contributed by atoms with E-state index >= 15 is 0 Å². The van der Waals surface area contributed by atoms with Gasteiger partial charge in [0.1, 0.15) is 11.8 Å². The predicted octanol–water partition coefficient (Wildman–Crippen LogP) is 0.355. The van der Waals surface area contributed by atoms with Gasteiger partial charge in [-0.1, -0.05) is 12.1 Å². The fraction of sp³-hybridized carbons (Fsp3) is 0.600. The molecule has 1 fully saturated rings. The van der Waals surface area contributed by atoms with Gasteiger partial charge in [0.05, 0.1) is 30.2 Å². The lowest BCUT2D eigenvalue weighted by Gasteiger charge is -2.28. The Bertz CT molecular complexity index is 953. The molecule has 1 aliphatic rings. The molecule has 13 heteroatoms. The van der Waals surface area contributed by atoms with Crippen LogP contribution in [0, 0.1) is 0 Å². The van der Waals surface area contributed by atoms with E-state index in [1.54, 1.807) is 24.3 Å². The highest BCUT2D eigenvalue weighted by Crippen LogP contribution is 2.28. The Morgan fingerprint density at radius 3 is 2.33 bits per heavy atom. The van der Waals surface area contributed by atoms with Crippen LogP contribution in [-0.4, -0.2) is 79.5 Å². The van der Waals surface area contributed by atoms with Crippen molar-refractivity contribution in [2.75, 3.05) is 13.7 Å². The highest BCUT2D eigenvalue weighted by atomic mass is 32.2. The minimum absolute atomic E-state index is 0.308. The van der Waals surface area contributed by atoms with Crippen LogP contribution in [0.2, 0.25) is 0 Å². The highest BCUT2D eigenvalue weighted by Gasteiger charge is 2.47. The van der Waals surface area contributed by atoms with Gasteiger partial charge in [-0.2, -0.15) is 13.2 Å². The van der Waals surface area contributed by atoms with Crippen LogP contribution in [0.25, 0.3) is 0 Å². The molecule has 0 saturated carbocycles. The van der Waals surface area contributed by atoms with Gasteiger partial charge in [-0.15, -0.1) is 0 Å². The molecule has 0 radical (unpaired) electrons. The molecule has 1 saturated heterocycles. The largest absolute Gasteiger partial charge is 0.497 e. The van der Waals surface area contributed by atoms with Gasteiger partial charge in [0.2, 0.25) is 11.8 Å². The number of hydrogen-bond donors (Lipinski definition) is 3. The van der Waals surface area contributed by atoms with Crippen LogP contribution in [0.5, 0.6) is 5.75 Å². The van der Waals surface area contributed by atoms with Crippen LogP contribution in [0.4, 0.5) is 13.2 Å². The molecule has 0 aliphatic carbocycles. The van der Waals surface area contributed by atoms with Crippen molar-refractivity contribution in [2.24, 2.45) is 5.73 Å². The van der Waals surface area contributed by atoms with Gasteiger partial charge in [-0.05, 0) is 38.0 Å². The van der Waals surface area contributed by atoms with E-state index in [4.69, 9.17) is 10.5 Å². The predicted molar refractivity (Wildman–Crippen MR) is 113 cm³/mol. The number of benzene rings is 1. The average Bonchev–Trinajstić information content (AvgIpc) is 3.18. The molecule has 5 atom stereocenters. The monoisotopic (exact) mass is 495 g/mol. The lowest BCUT2D eigenvalue weighted by molar-refractivity contribution is -0.210. The molecular weight excluding hydrogens is 467 g/mol. The summed E-state index contributed by atoms with van der Waals surface area (Å²) >= 11 is 0. The number of alkyl halides is 3. The van der Waals surface area contributed by atoms with Crippen molar-refractivity contribution in [3.8, 4) is 5.75 Å². The summed E-state index contributed by atoms with van der Waals surface area (Å²) in [6.07, 6.45) is -8.10. The van der Waals surface area contributed by atoms with Crippen LogP contribution in [-0.2, 0) is 25.2 Å². The first-order chi connectivity index (χ1) is 15.2. The van der Waals surface area contributed by atoms with E-state index in [-0.39, 0.29) is 18.7 Å². The van der Waals surface area contributed by atoms with E-state index in [0.29, 0.717) is 11.3 Å². The number of carbonyl (C=O) groups is 2. The number of nitrogens with zero attached hydrogens (tertiary/aromatic N) is 1. The van der Waals surface area contributed by atoms with Gasteiger partial charge >= 0.3 is 6.18 Å². The maximum atomic E-state index is 13.0. The van der Waals surface area contributed by atoms with Crippen LogP contribution in [0.15, 0.2) is 24.3 Å². The molecule has 1 aromatic carbocycles. The van der Waals surface area contributed by atoms with Crippen molar-refractivity contribution < 1.29 is 41.0 Å². The average molecular weight is 496 g/mol. The van der Waals surface area contributed by atoms with Crippen LogP contribution in [0.3, 0.4) is 0 Å². The molecule has 0 bridgehead atoms. The summed E-state index contributed by atoms with van der Waals surface area (Å²) in [5, 5.41) is 10.3. The molecule has 1 aromatic rings. The van der Waals surface area contributed by atoms with Gasteiger partial charge in [-0.25, -0.2) is 8.42 Å². The number of nitrogens with two attached hydrogens (primary N) is 1. The number of ether oxygens (including phenoxy) is 1. The second kappa shape index (κ2) is 10.3. The highest BCUT2D eigenvalue weighted by molar-refractivity contribution is 7.91. The number of rotatable bonds is 8. The van der Waals surface area contributed by atoms with Crippen LogP contribution in [0.1, 0.15) is 25.8 Å². The zero-order chi connectivity index (χ0) is 25.1. The minimum Gasteiger partial charge on any atom is -0.497 e. The summed E-state index contributed by atoms with van der Waals surface area (Å²) in [6.45, 7) is 1.99. The quantitative estimate of drug-likeness (QED) is 0.473. The fourth-order valence-electron chi connectivity index (χ4n) is 3.57. The number of nitrogens with one attached hydrogen (secondary N) is 1. The second-order valence-corrected chi connectivity index (χ2v) is 10.4. The number of methoxy groups -OCH3 is 1. The summed E-state index contributed by atoms with van der Waals surface area (Å²) in [7, 11) is -2.38. The third-order valence-corrected chi connectivity index (χ3v) is 7.54. The summed E-state index contributed by atoms with van der Waals surface area (Å²) in [5.74, 6) is -1.53. The Morgan fingerprint density at radius 1 is 1.27 bits per heavy atom. The lowest BCUT2D eigenvalue weighted by atomic mass is 10.1. The van der Waals surface area contributed by atoms with Gasteiger partial charge in [0.25, 0.3) is 0 Å². The van der Waals surface area contributed by atoms with Crippen molar-refractivity contribution in [3.05, 3.63) is 29.8 Å². The van der Waals surface area contributed by atoms with E-state index in [1.807, 2.05) is 5.32 Å². The summed E-state index contributed by atoms with van der Waals surface area (Å²) < 4.78 is 69.3. The SMILES string of the molecule is COc1ccc(CS(=O)(=O)[C@@H]2C[C@@H](C(=O)N[C@@H](C)[C@H](O)C(F)(F)F)N(C(=O)[C@H](C)N)C2)cc1. The van der Waals surface area contributed by atoms with Gasteiger partial charge in [0.15, 0.2) is 15.9 Å². The first-order valence-corrected chi connectivity index (χ1v) is 11.8. The molecular formula is C20H28F3N3O6S. The first-order valence-electron chi connectivity index (χ1n) is 10.1. The Labute approximate surface area is 190 Å². The maximum Gasteiger partial charge on any atom is 0.416 e. The van der Waals surface area contributed by atoms with Crippen molar-refractivity contribution in [2.45, 2.75) is 61.7 Å². The molecule has 4 N–H and O–H groups in total. The molecule has 2 amide bonds. The molecule has 0 spiro atoms. The molecule has 186 valence electrons. The van der Waals surface area contributed by atoms with Crippen LogP contribution < -0.4 is 15.8 Å². The van der Waals surface area contributed by atoms with E-state index < -0.39 is 57.3 Å². The summed E-state index contributed by atoms with van der Waals surface area (Å²) in [6, 6.07) is 2.22. The standard InChI is InChI=1S/C20H28F3N3O6S/c1-11(24)19(29)26-9-15(33(30,31)10-13-4-6-14(32-3)7-5-13)8-16(26)18(28)25-12(2)17(27)20(21,22)23/h4-7,11-12,15-17,27H,8-10,24H2,1-3H3,(H,25,28)/t11-,12-,15+,16-,17-/m0/s1. The summed E-state index contributed by atoms with van der Waals surface area (Å²) in [4.78, 5) is 26.2. The zero-order valence-electron chi connectivity index (χ0n) is 18.4. The number of aliphatic hydroxyl groups excluding tert-OH is 1. The van der Waals surface area contributed by atoms with Crippen molar-refractivity contribution >= 4 is 21.7 Å². The van der Waals surface area contributed by atoms with Crippen molar-refractivity contribution in [1.29, 1.82) is 0 Å². The Morgan fingerprint density at radius 2 is 1.85 bits per heavy atom. The van der Waals surface area contributed by atoms with Crippen LogP contribution >= 0.6 is 0 Å². The minimum atomic E-state index is -4.96. The van der Waals surface area contributed by atoms with Crippen molar-refractivity contribution in [1.82, 2.24) is 10.2 Å². The zero-order valence-corrected chi connectivity index (χ0v) is 19.2. The smallest absolute Gasteiger partial charge is 0.416 e. The van der Waals surface area contributed by atoms with Gasteiger partial charge in [0, 0.05) is 6.54 Å². The number of carbonyl (C=O) groups excluding carboxylic acids is 2. The van der Waals surface area contributed by atoms with Crippen molar-refractivity contribution in [3.63, 3.8) is 0 Å². The normalized spacial score (nSPS) is 21.9. The van der Waals surface area contributed by atoms with E-state index in [1.165, 1.54) is 14.0 Å². The molecule has 0 unspecified atom stereocenters. The molecule has 2 rings (SSSR count). The lowest BCUT2D eigenvalue weighted by Crippen LogP contribution is -2.55. The van der Waals surface area contributed by atoms with E-state index in [0.717, 1.165) is 11.8 Å².